The number of likely N-dealkylation sites (tertiary alicyclic amines) is 1. The monoisotopic (exact) mass is 220 g/mol. The molecule has 0 aromatic carbocycles. The van der Waals surface area contributed by atoms with Gasteiger partial charge in [-0.25, -0.2) is 0 Å². The second kappa shape index (κ2) is 4.07. The Bertz CT molecular complexity index is 145. The maximum absolute atomic E-state index is 10.8. The molecule has 1 rings (SSSR count). The minimum absolute atomic E-state index is 0.0829. The topological polar surface area (TPSA) is 32.3 Å². The molecule has 0 radical (unpaired) electrons. The van der Waals surface area contributed by atoms with Crippen LogP contribution < -0.4 is 5.32 Å². The van der Waals surface area contributed by atoms with Gasteiger partial charge >= 0.3 is 0 Å². The van der Waals surface area contributed by atoms with Crippen LogP contribution in [0.15, 0.2) is 0 Å². The van der Waals surface area contributed by atoms with Crippen LogP contribution in [0.25, 0.3) is 0 Å². The molecule has 1 amide bonds. The van der Waals surface area contributed by atoms with E-state index in [9.17, 15) is 4.79 Å². The van der Waals surface area contributed by atoms with E-state index in [1.54, 1.807) is 0 Å². The summed E-state index contributed by atoms with van der Waals surface area (Å²) in [4.78, 5) is 13.0. The Morgan fingerprint density at radius 3 is 2.82 bits per heavy atom. The molecule has 0 aliphatic carbocycles. The third-order valence-electron chi connectivity index (χ3n) is 1.85. The third-order valence-corrected chi connectivity index (χ3v) is 2.36. The molecule has 1 fully saturated rings. The largest absolute Gasteiger partial charge is 0.355 e. The molecule has 0 bridgehead atoms. The average molecular weight is 221 g/mol. The summed E-state index contributed by atoms with van der Waals surface area (Å²) < 4.78 is 0. The Morgan fingerprint density at radius 2 is 2.36 bits per heavy atom. The molecule has 0 atom stereocenters. The molecule has 1 aliphatic heterocycles. The number of alkyl halides is 1. The number of amides is 1. The number of hydrogen-bond acceptors (Lipinski definition) is 2. The highest BCUT2D eigenvalue weighted by Gasteiger charge is 2.22. The third kappa shape index (κ3) is 2.79. The maximum atomic E-state index is 10.8. The van der Waals surface area contributed by atoms with E-state index in [1.807, 2.05) is 0 Å². The molecular weight excluding hydrogens is 208 g/mol. The van der Waals surface area contributed by atoms with Gasteiger partial charge in [0.15, 0.2) is 0 Å². The van der Waals surface area contributed by atoms with Crippen molar-refractivity contribution < 1.29 is 4.79 Å². The van der Waals surface area contributed by atoms with E-state index in [0.717, 1.165) is 19.6 Å². The molecule has 1 saturated heterocycles. The van der Waals surface area contributed by atoms with Crippen molar-refractivity contribution in [2.24, 2.45) is 5.92 Å². The van der Waals surface area contributed by atoms with Crippen molar-refractivity contribution in [2.75, 3.05) is 32.0 Å². The van der Waals surface area contributed by atoms with Gasteiger partial charge in [-0.2, -0.15) is 0 Å². The van der Waals surface area contributed by atoms with E-state index in [1.165, 1.54) is 0 Å². The average Bonchev–Trinajstić information content (AvgIpc) is 1.95. The SMILES string of the molecule is CN1CC(CNC(=O)CBr)C1. The van der Waals surface area contributed by atoms with E-state index < -0.39 is 0 Å². The predicted molar refractivity (Wildman–Crippen MR) is 47.8 cm³/mol. The summed E-state index contributed by atoms with van der Waals surface area (Å²) in [6.07, 6.45) is 0. The standard InChI is InChI=1S/C7H13BrN2O/c1-10-4-6(5-10)3-9-7(11)2-8/h6H,2-5H2,1H3,(H,9,11). The Balaban J connectivity index is 2.00. The van der Waals surface area contributed by atoms with Crippen molar-refractivity contribution in [1.29, 1.82) is 0 Å². The van der Waals surface area contributed by atoms with Gasteiger partial charge in [0, 0.05) is 25.6 Å². The molecule has 0 unspecified atom stereocenters. The molecule has 0 saturated carbocycles. The maximum Gasteiger partial charge on any atom is 0.230 e. The van der Waals surface area contributed by atoms with E-state index >= 15 is 0 Å². The normalized spacial score (nSPS) is 19.5. The van der Waals surface area contributed by atoms with Crippen molar-refractivity contribution in [2.45, 2.75) is 0 Å². The molecule has 1 aliphatic rings. The summed E-state index contributed by atoms with van der Waals surface area (Å²) in [5, 5.41) is 3.25. The van der Waals surface area contributed by atoms with Crippen molar-refractivity contribution in [3.05, 3.63) is 0 Å². The summed E-state index contributed by atoms with van der Waals surface area (Å²) in [7, 11) is 2.09. The zero-order valence-electron chi connectivity index (χ0n) is 6.64. The zero-order valence-corrected chi connectivity index (χ0v) is 8.23. The number of halogens is 1. The van der Waals surface area contributed by atoms with Crippen LogP contribution in [0, 0.1) is 5.92 Å². The van der Waals surface area contributed by atoms with Crippen molar-refractivity contribution in [1.82, 2.24) is 10.2 Å². The minimum atomic E-state index is 0.0829. The lowest BCUT2D eigenvalue weighted by Crippen LogP contribution is -2.49. The fourth-order valence-electron chi connectivity index (χ4n) is 1.26. The predicted octanol–water partition coefficient (Wildman–Crippen LogP) is 0.0591. The minimum Gasteiger partial charge on any atom is -0.355 e. The fourth-order valence-corrected chi connectivity index (χ4v) is 1.46. The van der Waals surface area contributed by atoms with E-state index in [-0.39, 0.29) is 5.91 Å². The van der Waals surface area contributed by atoms with Gasteiger partial charge in [0.05, 0.1) is 5.33 Å². The summed E-state index contributed by atoms with van der Waals surface area (Å²) >= 11 is 3.09. The molecule has 0 aromatic heterocycles. The first-order valence-electron chi connectivity index (χ1n) is 3.73. The molecule has 64 valence electrons. The van der Waals surface area contributed by atoms with Crippen molar-refractivity contribution >= 4 is 21.8 Å². The van der Waals surface area contributed by atoms with E-state index in [2.05, 4.69) is 33.2 Å². The highest BCUT2D eigenvalue weighted by atomic mass is 79.9. The van der Waals surface area contributed by atoms with Crippen LogP contribution >= 0.6 is 15.9 Å². The second-order valence-corrected chi connectivity index (χ2v) is 3.59. The Morgan fingerprint density at radius 1 is 1.73 bits per heavy atom. The summed E-state index contributed by atoms with van der Waals surface area (Å²) in [5.74, 6) is 0.752. The number of nitrogens with zero attached hydrogens (tertiary/aromatic N) is 1. The Hall–Kier alpha value is -0.0900. The van der Waals surface area contributed by atoms with Gasteiger partial charge in [-0.05, 0) is 7.05 Å². The number of hydrogen-bond donors (Lipinski definition) is 1. The van der Waals surface area contributed by atoms with Crippen LogP contribution in [0.4, 0.5) is 0 Å². The van der Waals surface area contributed by atoms with Crippen LogP contribution in [0.5, 0.6) is 0 Å². The zero-order chi connectivity index (χ0) is 8.27. The lowest BCUT2D eigenvalue weighted by atomic mass is 10.0. The molecule has 4 heteroatoms. The van der Waals surface area contributed by atoms with Crippen molar-refractivity contribution in [3.63, 3.8) is 0 Å². The highest BCUT2D eigenvalue weighted by Crippen LogP contribution is 2.10. The van der Waals surface area contributed by atoms with Gasteiger partial charge in [-0.1, -0.05) is 15.9 Å². The number of carbonyl (C=O) groups excluding carboxylic acids is 1. The molecule has 0 spiro atoms. The van der Waals surface area contributed by atoms with Crippen molar-refractivity contribution in [3.8, 4) is 0 Å². The molecule has 11 heavy (non-hydrogen) atoms. The summed E-state index contributed by atoms with van der Waals surface area (Å²) in [6.45, 7) is 3.06. The van der Waals surface area contributed by atoms with Gasteiger partial charge < -0.3 is 10.2 Å². The van der Waals surface area contributed by atoms with E-state index in [4.69, 9.17) is 0 Å². The van der Waals surface area contributed by atoms with Gasteiger partial charge in [-0.3, -0.25) is 4.79 Å². The van der Waals surface area contributed by atoms with Gasteiger partial charge in [0.2, 0.25) is 5.91 Å². The lowest BCUT2D eigenvalue weighted by Gasteiger charge is -2.36. The number of nitrogens with one attached hydrogen (secondary N) is 1. The number of rotatable bonds is 3. The van der Waals surface area contributed by atoms with Crippen LogP contribution in [-0.4, -0.2) is 42.8 Å². The highest BCUT2D eigenvalue weighted by molar-refractivity contribution is 9.09. The smallest absolute Gasteiger partial charge is 0.230 e. The van der Waals surface area contributed by atoms with Gasteiger partial charge in [0.25, 0.3) is 0 Å². The Labute approximate surface area is 75.3 Å². The fraction of sp³-hybridized carbons (Fsp3) is 0.857. The summed E-state index contributed by atoms with van der Waals surface area (Å²) in [5.41, 5.74) is 0. The first-order valence-corrected chi connectivity index (χ1v) is 4.85. The molecule has 1 N–H and O–H groups in total. The van der Waals surface area contributed by atoms with Crippen LogP contribution in [0.1, 0.15) is 0 Å². The van der Waals surface area contributed by atoms with Crippen LogP contribution in [-0.2, 0) is 4.79 Å². The van der Waals surface area contributed by atoms with Crippen LogP contribution in [0.3, 0.4) is 0 Å². The van der Waals surface area contributed by atoms with Gasteiger partial charge in [0.1, 0.15) is 0 Å². The second-order valence-electron chi connectivity index (χ2n) is 3.02. The van der Waals surface area contributed by atoms with E-state index in [0.29, 0.717) is 11.2 Å². The number of carbonyl (C=O) groups is 1. The summed E-state index contributed by atoms with van der Waals surface area (Å²) in [6, 6.07) is 0. The first-order chi connectivity index (χ1) is 5.22. The molecule has 3 nitrogen and oxygen atoms in total. The first kappa shape index (κ1) is 9.00. The Kier molecular flexibility index (Phi) is 3.33. The molecule has 0 aromatic rings. The quantitative estimate of drug-likeness (QED) is 0.683. The van der Waals surface area contributed by atoms with Crippen LogP contribution in [0.2, 0.25) is 0 Å². The van der Waals surface area contributed by atoms with Gasteiger partial charge in [-0.15, -0.1) is 0 Å². The molecular formula is C7H13BrN2O. The lowest BCUT2D eigenvalue weighted by molar-refractivity contribution is -0.118. The molecule has 1 heterocycles.